The fourth-order valence-corrected chi connectivity index (χ4v) is 8.44. The Balaban J connectivity index is 1.51. The van der Waals surface area contributed by atoms with E-state index in [4.69, 9.17) is 0 Å². The molecule has 3 fully saturated rings. The van der Waals surface area contributed by atoms with Gasteiger partial charge in [0.15, 0.2) is 0 Å². The van der Waals surface area contributed by atoms with Gasteiger partial charge in [0.25, 0.3) is 0 Å². The smallest absolute Gasteiger partial charge is 0.0462 e. The molecule has 2 unspecified atom stereocenters. The van der Waals surface area contributed by atoms with Crippen molar-refractivity contribution in [1.29, 1.82) is 0 Å². The Morgan fingerprint density at radius 1 is 1.03 bits per heavy atom. The Bertz CT molecular complexity index is 647. The van der Waals surface area contributed by atoms with E-state index in [-0.39, 0.29) is 0 Å². The van der Waals surface area contributed by atoms with Crippen LogP contribution in [0.5, 0.6) is 0 Å². The molecule has 0 aromatic carbocycles. The summed E-state index contributed by atoms with van der Waals surface area (Å²) >= 11 is 0. The van der Waals surface area contributed by atoms with Crippen molar-refractivity contribution >= 4 is 0 Å². The molecule has 0 bridgehead atoms. The molecule has 4 aliphatic rings. The van der Waals surface area contributed by atoms with Crippen LogP contribution in [0.15, 0.2) is 23.8 Å². The molecule has 4 aliphatic carbocycles. The summed E-state index contributed by atoms with van der Waals surface area (Å²) in [5.74, 6) is 5.16. The maximum atomic E-state index is 9.45. The summed E-state index contributed by atoms with van der Waals surface area (Å²) in [6.45, 7) is 12.5. The van der Waals surface area contributed by atoms with Crippen molar-refractivity contribution in [2.24, 2.45) is 52.3 Å². The minimum atomic E-state index is 0.292. The van der Waals surface area contributed by atoms with Crippen LogP contribution in [-0.4, -0.2) is 11.7 Å². The first-order chi connectivity index (χ1) is 13.8. The topological polar surface area (TPSA) is 20.2 Å². The number of allylic oxidation sites excluding steroid dienone is 4. The highest BCUT2D eigenvalue weighted by molar-refractivity contribution is 5.24. The zero-order valence-corrected chi connectivity index (χ0v) is 19.8. The van der Waals surface area contributed by atoms with E-state index in [1.807, 2.05) is 5.57 Å². The molecular weight excluding hydrogens is 352 g/mol. The minimum Gasteiger partial charge on any atom is -0.396 e. The Kier molecular flexibility index (Phi) is 6.11. The minimum absolute atomic E-state index is 0.292. The summed E-state index contributed by atoms with van der Waals surface area (Å²) in [6, 6.07) is 0. The van der Waals surface area contributed by atoms with Gasteiger partial charge in [-0.1, -0.05) is 64.8 Å². The molecule has 0 radical (unpaired) electrons. The van der Waals surface area contributed by atoms with Crippen molar-refractivity contribution in [2.45, 2.75) is 92.4 Å². The van der Waals surface area contributed by atoms with Crippen molar-refractivity contribution in [3.05, 3.63) is 23.8 Å². The lowest BCUT2D eigenvalue weighted by atomic mass is 9.47. The second-order valence-corrected chi connectivity index (χ2v) is 12.0. The lowest BCUT2D eigenvalue weighted by molar-refractivity contribution is -0.0462. The van der Waals surface area contributed by atoms with Gasteiger partial charge in [-0.2, -0.15) is 0 Å². The van der Waals surface area contributed by atoms with Gasteiger partial charge < -0.3 is 5.11 Å². The van der Waals surface area contributed by atoms with Crippen LogP contribution in [0.2, 0.25) is 0 Å². The molecule has 3 saturated carbocycles. The van der Waals surface area contributed by atoms with Crippen LogP contribution >= 0.6 is 0 Å². The van der Waals surface area contributed by atoms with Gasteiger partial charge >= 0.3 is 0 Å². The fourth-order valence-electron chi connectivity index (χ4n) is 8.44. The van der Waals surface area contributed by atoms with Crippen LogP contribution in [0.3, 0.4) is 0 Å². The van der Waals surface area contributed by atoms with E-state index in [2.05, 4.69) is 52.8 Å². The van der Waals surface area contributed by atoms with Crippen molar-refractivity contribution in [3.8, 4) is 0 Å². The zero-order chi connectivity index (χ0) is 20.8. The highest BCUT2D eigenvalue weighted by Crippen LogP contribution is 2.67. The zero-order valence-electron chi connectivity index (χ0n) is 19.8. The van der Waals surface area contributed by atoms with E-state index in [1.54, 1.807) is 0 Å². The second kappa shape index (κ2) is 8.18. The third kappa shape index (κ3) is 3.58. The molecule has 0 aromatic heterocycles. The molecule has 0 amide bonds. The van der Waals surface area contributed by atoms with Gasteiger partial charge in [0.05, 0.1) is 0 Å². The van der Waals surface area contributed by atoms with Crippen LogP contribution in [0.1, 0.15) is 92.4 Å². The SMILES string of the molecule is CC(C=C[C@@H](C)[C@H]1CC[C@H]2[C@@H]3CC=C4CCCC[C@]4(C)[C@H]3CC[C@]12C)C(C)CO. The molecule has 0 heterocycles. The Labute approximate surface area is 180 Å². The van der Waals surface area contributed by atoms with Gasteiger partial charge in [-0.25, -0.2) is 0 Å². The fraction of sp³-hybridized carbons (Fsp3) is 0.857. The van der Waals surface area contributed by atoms with E-state index < -0.39 is 0 Å². The summed E-state index contributed by atoms with van der Waals surface area (Å²) in [4.78, 5) is 0. The predicted molar refractivity (Wildman–Crippen MR) is 124 cm³/mol. The summed E-state index contributed by atoms with van der Waals surface area (Å²) in [7, 11) is 0. The first kappa shape index (κ1) is 21.7. The average Bonchev–Trinajstić information content (AvgIpc) is 3.08. The van der Waals surface area contributed by atoms with Crippen LogP contribution in [0.25, 0.3) is 0 Å². The summed E-state index contributed by atoms with van der Waals surface area (Å²) in [6.07, 6.45) is 20.5. The van der Waals surface area contributed by atoms with Crippen molar-refractivity contribution in [2.75, 3.05) is 6.61 Å². The number of hydrogen-bond donors (Lipinski definition) is 1. The highest BCUT2D eigenvalue weighted by Gasteiger charge is 2.58. The summed E-state index contributed by atoms with van der Waals surface area (Å²) in [5.41, 5.74) is 2.90. The molecule has 0 spiro atoms. The molecule has 0 saturated heterocycles. The van der Waals surface area contributed by atoms with E-state index >= 15 is 0 Å². The van der Waals surface area contributed by atoms with Gasteiger partial charge in [-0.3, -0.25) is 0 Å². The first-order valence-electron chi connectivity index (χ1n) is 12.8. The molecular formula is C28H46O. The maximum Gasteiger partial charge on any atom is 0.0462 e. The van der Waals surface area contributed by atoms with E-state index in [9.17, 15) is 5.11 Å². The van der Waals surface area contributed by atoms with Gasteiger partial charge in [0, 0.05) is 6.61 Å². The molecule has 29 heavy (non-hydrogen) atoms. The lowest BCUT2D eigenvalue weighted by Gasteiger charge is -2.58. The second-order valence-electron chi connectivity index (χ2n) is 12.0. The molecule has 1 N–H and O–H groups in total. The van der Waals surface area contributed by atoms with Crippen LogP contribution in [0, 0.1) is 52.3 Å². The van der Waals surface area contributed by atoms with Crippen molar-refractivity contribution in [1.82, 2.24) is 0 Å². The number of rotatable bonds is 5. The third-order valence-corrected chi connectivity index (χ3v) is 10.6. The number of hydrogen-bond acceptors (Lipinski definition) is 1. The summed E-state index contributed by atoms with van der Waals surface area (Å²) in [5, 5.41) is 9.45. The lowest BCUT2D eigenvalue weighted by Crippen LogP contribution is -2.49. The van der Waals surface area contributed by atoms with Crippen molar-refractivity contribution < 1.29 is 5.11 Å². The quantitative estimate of drug-likeness (QED) is 0.478. The Hall–Kier alpha value is -0.560. The standard InChI is InChI=1S/C28H46O/c1-19(21(3)18-29)9-10-20(2)24-13-14-25-23-12-11-22-8-6-7-16-27(22,4)26(23)15-17-28(24,25)5/h9-11,19-21,23-26,29H,6-8,12-18H2,1-5H3/t19?,20-,21?,23+,24-,25+,26+,27+,28-/m1/s1. The third-order valence-electron chi connectivity index (χ3n) is 10.6. The van der Waals surface area contributed by atoms with E-state index in [0.717, 1.165) is 23.7 Å². The van der Waals surface area contributed by atoms with E-state index in [0.29, 0.717) is 35.2 Å². The molecule has 1 nitrogen and oxygen atoms in total. The number of fused-ring (bicyclic) bond motifs is 5. The number of aliphatic hydroxyl groups is 1. The molecule has 0 aromatic rings. The molecule has 4 rings (SSSR count). The Morgan fingerprint density at radius 3 is 2.59 bits per heavy atom. The van der Waals surface area contributed by atoms with E-state index in [1.165, 1.54) is 57.8 Å². The normalized spacial score (nSPS) is 45.1. The van der Waals surface area contributed by atoms with Crippen LogP contribution in [-0.2, 0) is 0 Å². The van der Waals surface area contributed by atoms with Gasteiger partial charge in [-0.05, 0) is 104 Å². The summed E-state index contributed by atoms with van der Waals surface area (Å²) < 4.78 is 0. The molecule has 1 heteroatoms. The van der Waals surface area contributed by atoms with Crippen LogP contribution < -0.4 is 0 Å². The molecule has 0 aliphatic heterocycles. The van der Waals surface area contributed by atoms with Gasteiger partial charge in [0.2, 0.25) is 0 Å². The van der Waals surface area contributed by atoms with Gasteiger partial charge in [0.1, 0.15) is 0 Å². The van der Waals surface area contributed by atoms with Crippen molar-refractivity contribution in [3.63, 3.8) is 0 Å². The maximum absolute atomic E-state index is 9.45. The van der Waals surface area contributed by atoms with Gasteiger partial charge in [-0.15, -0.1) is 0 Å². The predicted octanol–water partition coefficient (Wildman–Crippen LogP) is 7.41. The number of aliphatic hydroxyl groups excluding tert-OH is 1. The largest absolute Gasteiger partial charge is 0.396 e. The average molecular weight is 399 g/mol. The highest BCUT2D eigenvalue weighted by atomic mass is 16.3. The molecule has 164 valence electrons. The first-order valence-corrected chi connectivity index (χ1v) is 12.8. The Morgan fingerprint density at radius 2 is 1.83 bits per heavy atom. The molecule has 9 atom stereocenters. The van der Waals surface area contributed by atoms with Crippen LogP contribution in [0.4, 0.5) is 0 Å². The monoisotopic (exact) mass is 398 g/mol.